The van der Waals surface area contributed by atoms with E-state index in [4.69, 9.17) is 4.74 Å². The fourth-order valence-corrected chi connectivity index (χ4v) is 2.37. The summed E-state index contributed by atoms with van der Waals surface area (Å²) in [7, 11) is 1.67. The minimum atomic E-state index is -1.19. The van der Waals surface area contributed by atoms with Crippen LogP contribution in [0.1, 0.15) is 43.2 Å². The van der Waals surface area contributed by atoms with Gasteiger partial charge in [-0.05, 0) is 44.4 Å². The molecule has 1 amide bonds. The van der Waals surface area contributed by atoms with Gasteiger partial charge in [0.05, 0.1) is 11.7 Å². The van der Waals surface area contributed by atoms with Gasteiger partial charge in [0.2, 0.25) is 0 Å². The van der Waals surface area contributed by atoms with E-state index in [1.165, 1.54) is 4.57 Å². The molecular weight excluding hydrogens is 307 g/mol. The average Bonchev–Trinajstić information content (AvgIpc) is 2.79. The number of rotatable bonds is 2. The number of aromatic carboxylic acids is 1. The maximum Gasteiger partial charge on any atom is 1.00 e. The number of carboxylic acid groups (broad SMARTS) is 1. The Balaban J connectivity index is 0.00000264. The Kier molecular flexibility index (Phi) is 6.50. The molecule has 0 N–H and O–H groups in total. The van der Waals surface area contributed by atoms with Crippen LogP contribution in [-0.2, 0) is 11.8 Å². The molecule has 6 nitrogen and oxygen atoms in total. The van der Waals surface area contributed by atoms with E-state index in [-0.39, 0.29) is 41.3 Å². The van der Waals surface area contributed by atoms with Crippen LogP contribution in [-0.4, -0.2) is 40.2 Å². The molecule has 0 unspecified atom stereocenters. The van der Waals surface area contributed by atoms with Crippen molar-refractivity contribution >= 4 is 17.6 Å². The van der Waals surface area contributed by atoms with Crippen molar-refractivity contribution in [1.29, 1.82) is 0 Å². The first kappa shape index (κ1) is 19.8. The van der Waals surface area contributed by atoms with Crippen LogP contribution >= 0.6 is 0 Å². The first-order valence-electron chi connectivity index (χ1n) is 7.22. The van der Waals surface area contributed by atoms with Gasteiger partial charge in [-0.15, -0.1) is 0 Å². The van der Waals surface area contributed by atoms with Crippen LogP contribution in [0.15, 0.2) is 18.3 Å². The van der Waals surface area contributed by atoms with Crippen LogP contribution in [0.3, 0.4) is 0 Å². The Morgan fingerprint density at radius 2 is 1.96 bits per heavy atom. The molecule has 0 aromatic carbocycles. The van der Waals surface area contributed by atoms with Gasteiger partial charge in [0.15, 0.2) is 0 Å². The number of amides is 1. The molecular formula is C16H21N2NaO4. The minimum Gasteiger partial charge on any atom is -0.543 e. The van der Waals surface area contributed by atoms with Crippen LogP contribution in [0.5, 0.6) is 0 Å². The summed E-state index contributed by atoms with van der Waals surface area (Å²) in [5.74, 6) is -1.19. The molecule has 1 aliphatic rings. The largest absolute Gasteiger partial charge is 1.00 e. The number of hydrogen-bond donors (Lipinski definition) is 0. The van der Waals surface area contributed by atoms with Crippen LogP contribution < -0.4 is 34.7 Å². The van der Waals surface area contributed by atoms with Gasteiger partial charge in [-0.3, -0.25) is 0 Å². The van der Waals surface area contributed by atoms with Gasteiger partial charge < -0.3 is 24.1 Å². The Labute approximate surface area is 158 Å². The molecule has 2 rings (SSSR count). The molecule has 0 saturated carbocycles. The second-order valence-electron chi connectivity index (χ2n) is 6.42. The van der Waals surface area contributed by atoms with Crippen molar-refractivity contribution in [3.63, 3.8) is 0 Å². The third-order valence-corrected chi connectivity index (χ3v) is 3.45. The zero-order valence-corrected chi connectivity index (χ0v) is 16.4. The molecule has 1 aromatic rings. The van der Waals surface area contributed by atoms with Crippen molar-refractivity contribution in [3.05, 3.63) is 29.6 Å². The summed E-state index contributed by atoms with van der Waals surface area (Å²) in [6, 6.07) is 1.60. The molecule has 0 bridgehead atoms. The number of aryl methyl sites for hydroxylation is 1. The second kappa shape index (κ2) is 7.55. The number of carbonyl (C=O) groups excluding carboxylic acids is 2. The minimum absolute atomic E-state index is 0. The van der Waals surface area contributed by atoms with Gasteiger partial charge in [-0.1, -0.05) is 6.08 Å². The Bertz CT molecular complexity index is 629. The average molecular weight is 328 g/mol. The molecule has 1 aromatic heterocycles. The smallest absolute Gasteiger partial charge is 0.543 e. The summed E-state index contributed by atoms with van der Waals surface area (Å²) in [5, 5.41) is 11.0. The fourth-order valence-electron chi connectivity index (χ4n) is 2.37. The maximum atomic E-state index is 12.0. The Morgan fingerprint density at radius 1 is 1.30 bits per heavy atom. The number of hydrogen-bond acceptors (Lipinski definition) is 4. The molecule has 0 fully saturated rings. The predicted octanol–water partition coefficient (Wildman–Crippen LogP) is -1.58. The molecule has 0 atom stereocenters. The van der Waals surface area contributed by atoms with Crippen LogP contribution in [0.25, 0.3) is 5.57 Å². The van der Waals surface area contributed by atoms with Gasteiger partial charge >= 0.3 is 35.7 Å². The number of aromatic nitrogens is 1. The van der Waals surface area contributed by atoms with Crippen molar-refractivity contribution in [3.8, 4) is 0 Å². The van der Waals surface area contributed by atoms with E-state index in [1.807, 2.05) is 26.8 Å². The maximum absolute atomic E-state index is 12.0. The number of carboxylic acids is 1. The summed E-state index contributed by atoms with van der Waals surface area (Å²) < 4.78 is 6.87. The zero-order chi connectivity index (χ0) is 16.5. The summed E-state index contributed by atoms with van der Waals surface area (Å²) in [4.78, 5) is 24.6. The topological polar surface area (TPSA) is 74.6 Å². The third-order valence-electron chi connectivity index (χ3n) is 3.45. The second-order valence-corrected chi connectivity index (χ2v) is 6.42. The van der Waals surface area contributed by atoms with E-state index in [1.54, 1.807) is 24.2 Å². The van der Waals surface area contributed by atoms with E-state index in [9.17, 15) is 14.7 Å². The fraction of sp³-hybridized carbons (Fsp3) is 0.500. The zero-order valence-electron chi connectivity index (χ0n) is 14.4. The molecule has 0 saturated heterocycles. The van der Waals surface area contributed by atoms with Gasteiger partial charge in [-0.2, -0.15) is 0 Å². The van der Waals surface area contributed by atoms with Crippen LogP contribution in [0.2, 0.25) is 0 Å². The summed E-state index contributed by atoms with van der Waals surface area (Å²) >= 11 is 0. The van der Waals surface area contributed by atoms with Crippen molar-refractivity contribution in [2.75, 3.05) is 13.1 Å². The van der Waals surface area contributed by atoms with Crippen LogP contribution in [0, 0.1) is 0 Å². The van der Waals surface area contributed by atoms with Gasteiger partial charge in [0.25, 0.3) is 0 Å². The summed E-state index contributed by atoms with van der Waals surface area (Å²) in [6.07, 6.45) is 4.03. The Morgan fingerprint density at radius 3 is 2.39 bits per heavy atom. The van der Waals surface area contributed by atoms with Crippen molar-refractivity contribution in [2.24, 2.45) is 7.05 Å². The predicted molar refractivity (Wildman–Crippen MR) is 80.1 cm³/mol. The SMILES string of the molecule is Cn1cc(C2=CCN(C(=O)OC(C)(C)C)CC2)cc1C(=O)[O-].[Na+]. The first-order valence-corrected chi connectivity index (χ1v) is 7.22. The van der Waals surface area contributed by atoms with E-state index < -0.39 is 11.6 Å². The van der Waals surface area contributed by atoms with Crippen LogP contribution in [0.4, 0.5) is 4.79 Å². The van der Waals surface area contributed by atoms with E-state index >= 15 is 0 Å². The molecule has 0 spiro atoms. The van der Waals surface area contributed by atoms with Gasteiger partial charge in [-0.25, -0.2) is 4.79 Å². The Hall–Kier alpha value is -1.24. The molecule has 7 heteroatoms. The van der Waals surface area contributed by atoms with E-state index in [2.05, 4.69) is 0 Å². The van der Waals surface area contributed by atoms with Crippen molar-refractivity contribution < 1.29 is 49.0 Å². The van der Waals surface area contributed by atoms with Crippen molar-refractivity contribution in [1.82, 2.24) is 9.47 Å². The third kappa shape index (κ3) is 5.12. The summed E-state index contributed by atoms with van der Waals surface area (Å²) in [6.45, 7) is 6.51. The summed E-state index contributed by atoms with van der Waals surface area (Å²) in [5.41, 5.74) is 1.52. The molecule has 23 heavy (non-hydrogen) atoms. The van der Waals surface area contributed by atoms with Gasteiger partial charge in [0, 0.05) is 26.3 Å². The monoisotopic (exact) mass is 328 g/mol. The van der Waals surface area contributed by atoms with Gasteiger partial charge in [0.1, 0.15) is 5.60 Å². The van der Waals surface area contributed by atoms with E-state index in [0.29, 0.717) is 19.5 Å². The number of nitrogens with zero attached hydrogens (tertiary/aromatic N) is 2. The number of carbonyl (C=O) groups is 2. The normalized spacial score (nSPS) is 14.8. The number of ether oxygens (including phenoxy) is 1. The first-order chi connectivity index (χ1) is 10.2. The quantitative estimate of drug-likeness (QED) is 0.614. The van der Waals surface area contributed by atoms with Crippen molar-refractivity contribution in [2.45, 2.75) is 32.8 Å². The molecule has 120 valence electrons. The standard InChI is InChI=1S/C16H22N2O4.Na/c1-16(2,3)22-15(21)18-7-5-11(6-8-18)12-9-13(14(19)20)17(4)10-12;/h5,9-10H,6-8H2,1-4H3,(H,19,20);/q;+1/p-1. The van der Waals surface area contributed by atoms with E-state index in [0.717, 1.165) is 11.1 Å². The molecule has 1 aliphatic heterocycles. The molecule has 0 aliphatic carbocycles. The molecule has 0 radical (unpaired) electrons. The molecule has 2 heterocycles.